The van der Waals surface area contributed by atoms with Gasteiger partial charge in [-0.15, -0.1) is 0 Å². The van der Waals surface area contributed by atoms with Gasteiger partial charge in [0, 0.05) is 24.2 Å². The monoisotopic (exact) mass is 350 g/mol. The van der Waals surface area contributed by atoms with Gasteiger partial charge in [-0.25, -0.2) is 13.4 Å². The first-order valence-corrected chi connectivity index (χ1v) is 9.30. The number of halogens is 1. The number of ether oxygens (including phenoxy) is 1. The van der Waals surface area contributed by atoms with Crippen molar-refractivity contribution in [3.63, 3.8) is 0 Å². The Morgan fingerprint density at radius 1 is 1.30 bits per heavy atom. The van der Waals surface area contributed by atoms with Crippen LogP contribution in [0.3, 0.4) is 0 Å². The summed E-state index contributed by atoms with van der Waals surface area (Å²) in [5.41, 5.74) is 1.09. The molecular formula is C16H15ClN2O3S. The van der Waals surface area contributed by atoms with Crippen LogP contribution in [-0.2, 0) is 9.84 Å². The summed E-state index contributed by atoms with van der Waals surface area (Å²) in [6.45, 7) is 1.74. The van der Waals surface area contributed by atoms with Crippen LogP contribution >= 0.6 is 11.6 Å². The predicted molar refractivity (Wildman–Crippen MR) is 85.8 cm³/mol. The third kappa shape index (κ3) is 2.41. The first-order valence-electron chi connectivity index (χ1n) is 7.44. The number of hydrogen-bond donors (Lipinski definition) is 1. The van der Waals surface area contributed by atoms with Gasteiger partial charge < -0.3 is 10.1 Å². The molecule has 1 saturated heterocycles. The molecule has 120 valence electrons. The molecule has 0 spiro atoms. The van der Waals surface area contributed by atoms with E-state index in [9.17, 15) is 8.42 Å². The number of pyridine rings is 1. The van der Waals surface area contributed by atoms with Crippen molar-refractivity contribution in [2.24, 2.45) is 0 Å². The van der Waals surface area contributed by atoms with E-state index < -0.39 is 9.84 Å². The molecular weight excluding hydrogens is 336 g/mol. The number of sulfone groups is 1. The fourth-order valence-electron chi connectivity index (χ4n) is 3.26. The second-order valence-electron chi connectivity index (χ2n) is 5.75. The minimum atomic E-state index is -3.71. The van der Waals surface area contributed by atoms with Crippen LogP contribution in [0, 0.1) is 0 Å². The summed E-state index contributed by atoms with van der Waals surface area (Å²) in [7, 11) is -3.71. The van der Waals surface area contributed by atoms with Gasteiger partial charge in [0.15, 0.2) is 0 Å². The lowest BCUT2D eigenvalue weighted by Gasteiger charge is -2.24. The van der Waals surface area contributed by atoms with Crippen LogP contribution in [0.2, 0.25) is 5.15 Å². The normalized spacial score (nSPS) is 23.0. The van der Waals surface area contributed by atoms with Gasteiger partial charge in [-0.1, -0.05) is 17.7 Å². The summed E-state index contributed by atoms with van der Waals surface area (Å²) in [5.74, 6) is 0.995. The number of benzene rings is 1. The van der Waals surface area contributed by atoms with E-state index in [1.165, 1.54) is 12.3 Å². The lowest BCUT2D eigenvalue weighted by Crippen LogP contribution is -2.39. The second-order valence-corrected chi connectivity index (χ2v) is 8.03. The van der Waals surface area contributed by atoms with E-state index >= 15 is 0 Å². The minimum absolute atomic E-state index is 0.0127. The molecule has 7 heteroatoms. The van der Waals surface area contributed by atoms with E-state index in [1.807, 2.05) is 6.07 Å². The van der Waals surface area contributed by atoms with Crippen molar-refractivity contribution in [2.45, 2.75) is 28.2 Å². The van der Waals surface area contributed by atoms with Gasteiger partial charge in [0.25, 0.3) is 0 Å². The summed E-state index contributed by atoms with van der Waals surface area (Å²) in [5, 5.41) is 3.28. The Balaban J connectivity index is 1.76. The molecule has 0 saturated carbocycles. The third-order valence-corrected chi connectivity index (χ3v) is 6.61. The maximum Gasteiger partial charge on any atom is 0.209 e. The van der Waals surface area contributed by atoms with E-state index in [0.717, 1.165) is 25.1 Å². The lowest BCUT2D eigenvalue weighted by molar-refractivity contribution is 0.176. The number of nitrogens with zero attached hydrogens (tertiary/aromatic N) is 1. The second kappa shape index (κ2) is 5.47. The predicted octanol–water partition coefficient (Wildman–Crippen LogP) is 2.41. The van der Waals surface area contributed by atoms with E-state index in [2.05, 4.69) is 10.3 Å². The Morgan fingerprint density at radius 3 is 3.00 bits per heavy atom. The molecule has 2 aromatic rings. The topological polar surface area (TPSA) is 68.3 Å². The van der Waals surface area contributed by atoms with Gasteiger partial charge in [0.2, 0.25) is 9.84 Å². The van der Waals surface area contributed by atoms with E-state index in [4.69, 9.17) is 16.3 Å². The van der Waals surface area contributed by atoms with Crippen molar-refractivity contribution >= 4 is 21.4 Å². The molecule has 0 amide bonds. The maximum absolute atomic E-state index is 12.8. The van der Waals surface area contributed by atoms with Gasteiger partial charge >= 0.3 is 0 Å². The van der Waals surface area contributed by atoms with Gasteiger partial charge in [0.1, 0.15) is 21.9 Å². The number of nitrogens with one attached hydrogen (secondary N) is 1. The zero-order valence-corrected chi connectivity index (χ0v) is 13.8. The molecule has 3 heterocycles. The van der Waals surface area contributed by atoms with E-state index in [-0.39, 0.29) is 21.0 Å². The number of fused-ring (bicyclic) bond motifs is 3. The fourth-order valence-corrected chi connectivity index (χ4v) is 4.98. The van der Waals surface area contributed by atoms with Crippen LogP contribution in [0.25, 0.3) is 0 Å². The Hall–Kier alpha value is -1.63. The number of aromatic nitrogens is 1. The molecule has 5 nitrogen and oxygen atoms in total. The molecule has 1 fully saturated rings. The van der Waals surface area contributed by atoms with Gasteiger partial charge in [0.05, 0.1) is 4.90 Å². The van der Waals surface area contributed by atoms with Crippen molar-refractivity contribution in [3.05, 3.63) is 47.2 Å². The van der Waals surface area contributed by atoms with Gasteiger partial charge in [-0.2, -0.15) is 0 Å². The van der Waals surface area contributed by atoms with E-state index in [1.54, 1.807) is 18.2 Å². The first-order chi connectivity index (χ1) is 11.1. The zero-order chi connectivity index (χ0) is 16.0. The highest BCUT2D eigenvalue weighted by Crippen LogP contribution is 2.42. The highest BCUT2D eigenvalue weighted by molar-refractivity contribution is 7.91. The number of hydrogen-bond acceptors (Lipinski definition) is 5. The van der Waals surface area contributed by atoms with Crippen LogP contribution in [0.1, 0.15) is 17.9 Å². The molecule has 1 aromatic heterocycles. The summed E-state index contributed by atoms with van der Waals surface area (Å²) < 4.78 is 31.5. The molecule has 0 radical (unpaired) electrons. The quantitative estimate of drug-likeness (QED) is 0.842. The Morgan fingerprint density at radius 2 is 2.17 bits per heavy atom. The summed E-state index contributed by atoms with van der Waals surface area (Å²) in [4.78, 5) is 4.04. The molecule has 2 atom stereocenters. The molecule has 1 N–H and O–H groups in total. The average Bonchev–Trinajstić information content (AvgIpc) is 2.92. The van der Waals surface area contributed by atoms with Crippen LogP contribution in [0.15, 0.2) is 46.3 Å². The highest BCUT2D eigenvalue weighted by atomic mass is 35.5. The molecule has 0 bridgehead atoms. The SMILES string of the molecule is O=S(=O)(c1ccc2c(c1)OC1CNCCC21)c1cccnc1Cl. The van der Waals surface area contributed by atoms with Crippen molar-refractivity contribution in [1.29, 1.82) is 0 Å². The van der Waals surface area contributed by atoms with Crippen molar-refractivity contribution in [2.75, 3.05) is 13.1 Å². The fraction of sp³-hybridized carbons (Fsp3) is 0.312. The molecule has 2 aliphatic rings. The standard InChI is InChI=1S/C16H15ClN2O3S/c17-16-15(2-1-6-19-16)23(20,21)10-3-4-11-12-5-7-18-9-14(12)22-13(11)8-10/h1-4,6,8,12,14,18H,5,7,9H2. The Bertz CT molecular complexity index is 869. The summed E-state index contributed by atoms with van der Waals surface area (Å²) >= 11 is 5.95. The maximum atomic E-state index is 12.8. The Kier molecular flexibility index (Phi) is 3.55. The van der Waals surface area contributed by atoms with Crippen LogP contribution in [-0.4, -0.2) is 32.6 Å². The molecule has 1 aromatic carbocycles. The molecule has 0 aliphatic carbocycles. The van der Waals surface area contributed by atoms with Gasteiger partial charge in [-0.3, -0.25) is 0 Å². The molecule has 4 rings (SSSR count). The number of rotatable bonds is 2. The molecule has 2 aliphatic heterocycles. The average molecular weight is 351 g/mol. The zero-order valence-electron chi connectivity index (χ0n) is 12.2. The Labute approximate surface area is 139 Å². The number of piperidine rings is 1. The summed E-state index contributed by atoms with van der Waals surface area (Å²) in [6.07, 6.45) is 2.54. The minimum Gasteiger partial charge on any atom is -0.488 e. The van der Waals surface area contributed by atoms with Crippen molar-refractivity contribution in [3.8, 4) is 5.75 Å². The van der Waals surface area contributed by atoms with E-state index in [0.29, 0.717) is 11.7 Å². The summed E-state index contributed by atoms with van der Waals surface area (Å²) in [6, 6.07) is 8.12. The smallest absolute Gasteiger partial charge is 0.209 e. The first kappa shape index (κ1) is 14.9. The highest BCUT2D eigenvalue weighted by Gasteiger charge is 2.37. The van der Waals surface area contributed by atoms with Crippen LogP contribution in [0.5, 0.6) is 5.75 Å². The lowest BCUT2D eigenvalue weighted by atomic mass is 9.90. The molecule has 2 unspecified atom stereocenters. The van der Waals surface area contributed by atoms with Crippen LogP contribution in [0.4, 0.5) is 0 Å². The van der Waals surface area contributed by atoms with Crippen molar-refractivity contribution in [1.82, 2.24) is 10.3 Å². The van der Waals surface area contributed by atoms with Gasteiger partial charge in [-0.05, 0) is 37.2 Å². The third-order valence-electron chi connectivity index (χ3n) is 4.41. The largest absolute Gasteiger partial charge is 0.488 e. The van der Waals surface area contributed by atoms with Crippen LogP contribution < -0.4 is 10.1 Å². The molecule has 23 heavy (non-hydrogen) atoms. The van der Waals surface area contributed by atoms with Crippen molar-refractivity contribution < 1.29 is 13.2 Å².